The van der Waals surface area contributed by atoms with Crippen LogP contribution in [0.2, 0.25) is 0 Å². The molecule has 2 fully saturated rings. The second-order valence-electron chi connectivity index (χ2n) is 12.6. The van der Waals surface area contributed by atoms with Crippen LogP contribution in [0.4, 0.5) is 0 Å². The van der Waals surface area contributed by atoms with Crippen molar-refractivity contribution in [2.24, 2.45) is 34.0 Å². The zero-order chi connectivity index (χ0) is 23.2. The number of fused-ring (bicyclic) bond motifs is 6. The Morgan fingerprint density at radius 2 is 1.67 bits per heavy atom. The first-order valence-electron chi connectivity index (χ1n) is 13.0. The summed E-state index contributed by atoms with van der Waals surface area (Å²) in [5.41, 5.74) is 3.75. The Hall–Kier alpha value is -1.87. The normalized spacial score (nSPS) is 43.6. The number of esters is 1. The maximum Gasteiger partial charge on any atom is 0.317 e. The molecule has 0 spiro atoms. The van der Waals surface area contributed by atoms with E-state index in [0.29, 0.717) is 17.8 Å². The molecule has 1 aromatic rings. The van der Waals surface area contributed by atoms with Crippen molar-refractivity contribution in [3.05, 3.63) is 58.9 Å². The minimum atomic E-state index is -0.561. The maximum atomic E-state index is 13.3. The summed E-state index contributed by atoms with van der Waals surface area (Å²) in [6.45, 7) is 8.99. The summed E-state index contributed by atoms with van der Waals surface area (Å²) in [7, 11) is 0. The van der Waals surface area contributed by atoms with E-state index < -0.39 is 5.41 Å². The molecule has 33 heavy (non-hydrogen) atoms. The topological polar surface area (TPSA) is 46.5 Å². The number of rotatable bonds is 1. The predicted octanol–water partition coefficient (Wildman–Crippen LogP) is 6.54. The van der Waals surface area contributed by atoms with Crippen LogP contribution in [-0.4, -0.2) is 17.2 Å². The van der Waals surface area contributed by atoms with E-state index in [-0.39, 0.29) is 28.8 Å². The van der Waals surface area contributed by atoms with Crippen molar-refractivity contribution in [1.29, 1.82) is 0 Å². The van der Waals surface area contributed by atoms with E-state index in [1.807, 2.05) is 0 Å². The molecule has 4 aliphatic carbocycles. The Bertz CT molecular complexity index is 1050. The SMILES string of the molecule is CC1(C)C(=O)OC2=C(C[C@@H]3[C@H]4CC=C5C[C@@H](O)CC[C@]5(C)[C@@H]4CC[C@@]23C)[C@H]1c1ccccc1. The van der Waals surface area contributed by atoms with E-state index in [0.717, 1.165) is 44.3 Å². The van der Waals surface area contributed by atoms with Crippen molar-refractivity contribution in [3.8, 4) is 0 Å². The van der Waals surface area contributed by atoms with Crippen molar-refractivity contribution in [2.75, 3.05) is 0 Å². The Balaban J connectivity index is 1.41. The van der Waals surface area contributed by atoms with Crippen LogP contribution in [-0.2, 0) is 9.53 Å². The molecule has 176 valence electrons. The molecular weight excluding hydrogens is 408 g/mol. The van der Waals surface area contributed by atoms with Gasteiger partial charge in [0.15, 0.2) is 0 Å². The zero-order valence-corrected chi connectivity index (χ0v) is 20.6. The fraction of sp³-hybridized carbons (Fsp3) is 0.633. The standard InChI is InChI=1S/C30H38O3/c1-28(2)25(18-8-6-5-7-9-18)22-17-24-21-11-10-19-16-20(31)12-14-29(19,3)23(21)13-15-30(24,4)26(22)33-27(28)32/h5-10,20-21,23-25,31H,11-17H2,1-4H3/t20-,21-,23+,24+,25+,29-,30+/m0/s1. The van der Waals surface area contributed by atoms with Gasteiger partial charge in [0.05, 0.1) is 11.5 Å². The molecule has 0 unspecified atom stereocenters. The smallest absolute Gasteiger partial charge is 0.317 e. The summed E-state index contributed by atoms with van der Waals surface area (Å²) < 4.78 is 6.27. The molecule has 0 aromatic heterocycles. The lowest BCUT2D eigenvalue weighted by Gasteiger charge is -2.57. The number of carbonyl (C=O) groups excluding carboxylic acids is 1. The Morgan fingerprint density at radius 1 is 0.939 bits per heavy atom. The highest BCUT2D eigenvalue weighted by Crippen LogP contribution is 2.69. The average Bonchev–Trinajstić information content (AvgIpc) is 3.07. The van der Waals surface area contributed by atoms with Gasteiger partial charge in [-0.15, -0.1) is 0 Å². The lowest BCUT2D eigenvalue weighted by molar-refractivity contribution is -0.155. The van der Waals surface area contributed by atoms with Gasteiger partial charge in [-0.2, -0.15) is 0 Å². The van der Waals surface area contributed by atoms with Gasteiger partial charge >= 0.3 is 5.97 Å². The Labute approximate surface area is 198 Å². The largest absolute Gasteiger partial charge is 0.430 e. The van der Waals surface area contributed by atoms with E-state index in [1.54, 1.807) is 0 Å². The number of hydrogen-bond donors (Lipinski definition) is 1. The third-order valence-corrected chi connectivity index (χ3v) is 10.6. The van der Waals surface area contributed by atoms with Gasteiger partial charge in [0.2, 0.25) is 0 Å². The average molecular weight is 447 g/mol. The van der Waals surface area contributed by atoms with Crippen LogP contribution in [0, 0.1) is 34.0 Å². The number of ether oxygens (including phenoxy) is 1. The highest BCUT2D eigenvalue weighted by Gasteiger charge is 2.62. The highest BCUT2D eigenvalue weighted by molar-refractivity contribution is 5.81. The number of aliphatic hydroxyl groups excluding tert-OH is 1. The van der Waals surface area contributed by atoms with Gasteiger partial charge in [-0.05, 0) is 93.1 Å². The molecule has 5 aliphatic rings. The van der Waals surface area contributed by atoms with Crippen LogP contribution < -0.4 is 0 Å². The fourth-order valence-electron chi connectivity index (χ4n) is 8.79. The molecule has 1 heterocycles. The second-order valence-corrected chi connectivity index (χ2v) is 12.6. The summed E-state index contributed by atoms with van der Waals surface area (Å²) >= 11 is 0. The van der Waals surface area contributed by atoms with Crippen LogP contribution in [0.15, 0.2) is 53.3 Å². The first-order chi connectivity index (χ1) is 15.7. The van der Waals surface area contributed by atoms with Crippen LogP contribution in [0.1, 0.15) is 84.1 Å². The Kier molecular flexibility index (Phi) is 4.64. The summed E-state index contributed by atoms with van der Waals surface area (Å²) in [6, 6.07) is 10.6. The molecular formula is C30H38O3. The maximum absolute atomic E-state index is 13.3. The molecule has 2 saturated carbocycles. The monoisotopic (exact) mass is 446 g/mol. The van der Waals surface area contributed by atoms with Crippen LogP contribution in [0.5, 0.6) is 0 Å². The minimum Gasteiger partial charge on any atom is -0.430 e. The van der Waals surface area contributed by atoms with Gasteiger partial charge in [-0.25, -0.2) is 0 Å². The molecule has 1 aliphatic heterocycles. The fourth-order valence-corrected chi connectivity index (χ4v) is 8.79. The van der Waals surface area contributed by atoms with Crippen molar-refractivity contribution in [1.82, 2.24) is 0 Å². The number of allylic oxidation sites excluding steroid dienone is 3. The molecule has 3 nitrogen and oxygen atoms in total. The molecule has 7 atom stereocenters. The highest BCUT2D eigenvalue weighted by atomic mass is 16.5. The van der Waals surface area contributed by atoms with Gasteiger partial charge < -0.3 is 9.84 Å². The van der Waals surface area contributed by atoms with E-state index in [4.69, 9.17) is 4.74 Å². The zero-order valence-electron chi connectivity index (χ0n) is 20.6. The van der Waals surface area contributed by atoms with Crippen molar-refractivity contribution < 1.29 is 14.6 Å². The first kappa shape index (κ1) is 21.6. The summed E-state index contributed by atoms with van der Waals surface area (Å²) in [5, 5.41) is 10.3. The molecule has 1 N–H and O–H groups in total. The molecule has 0 amide bonds. The molecule has 1 aromatic carbocycles. The summed E-state index contributed by atoms with van der Waals surface area (Å²) in [6.07, 6.45) is 9.65. The second kappa shape index (κ2) is 7.07. The molecule has 3 heteroatoms. The number of aliphatic hydroxyl groups is 1. The van der Waals surface area contributed by atoms with Crippen LogP contribution >= 0.6 is 0 Å². The van der Waals surface area contributed by atoms with Gasteiger partial charge in [0, 0.05) is 11.3 Å². The van der Waals surface area contributed by atoms with Crippen LogP contribution in [0.25, 0.3) is 0 Å². The van der Waals surface area contributed by atoms with Gasteiger partial charge in [0.1, 0.15) is 5.76 Å². The van der Waals surface area contributed by atoms with Crippen molar-refractivity contribution >= 4 is 5.97 Å². The summed E-state index contributed by atoms with van der Waals surface area (Å²) in [5.74, 6) is 2.85. The lowest BCUT2D eigenvalue weighted by atomic mass is 9.48. The van der Waals surface area contributed by atoms with Crippen LogP contribution in [0.3, 0.4) is 0 Å². The summed E-state index contributed by atoms with van der Waals surface area (Å²) in [4.78, 5) is 13.3. The predicted molar refractivity (Wildman–Crippen MR) is 129 cm³/mol. The molecule has 0 bridgehead atoms. The molecule has 0 radical (unpaired) electrons. The quantitative estimate of drug-likeness (QED) is 0.393. The van der Waals surface area contributed by atoms with Gasteiger partial charge in [0.25, 0.3) is 0 Å². The van der Waals surface area contributed by atoms with Crippen molar-refractivity contribution in [2.45, 2.75) is 84.7 Å². The Morgan fingerprint density at radius 3 is 2.42 bits per heavy atom. The van der Waals surface area contributed by atoms with Gasteiger partial charge in [-0.1, -0.05) is 55.8 Å². The number of benzene rings is 1. The molecule has 6 rings (SSSR count). The molecule has 0 saturated heterocycles. The minimum absolute atomic E-state index is 0.0500. The van der Waals surface area contributed by atoms with E-state index in [1.165, 1.54) is 23.1 Å². The first-order valence-corrected chi connectivity index (χ1v) is 13.0. The van der Waals surface area contributed by atoms with Crippen molar-refractivity contribution in [3.63, 3.8) is 0 Å². The third kappa shape index (κ3) is 2.87. The number of carbonyl (C=O) groups is 1. The van der Waals surface area contributed by atoms with E-state index in [2.05, 4.69) is 64.1 Å². The number of hydrogen-bond acceptors (Lipinski definition) is 3. The van der Waals surface area contributed by atoms with E-state index in [9.17, 15) is 9.90 Å². The lowest BCUT2D eigenvalue weighted by Crippen LogP contribution is -2.50. The van der Waals surface area contributed by atoms with E-state index >= 15 is 0 Å². The van der Waals surface area contributed by atoms with Gasteiger partial charge in [-0.3, -0.25) is 4.79 Å². The third-order valence-electron chi connectivity index (χ3n) is 10.6.